The molecule has 0 radical (unpaired) electrons. The molecule has 36 heavy (non-hydrogen) atoms. The van der Waals surface area contributed by atoms with Crippen molar-refractivity contribution in [2.45, 2.75) is 37.8 Å². The van der Waals surface area contributed by atoms with Gasteiger partial charge in [-0.15, -0.1) is 0 Å². The molecule has 1 atom stereocenters. The number of hydrogen-bond donors (Lipinski definition) is 4. The van der Waals surface area contributed by atoms with Gasteiger partial charge < -0.3 is 30.4 Å². The van der Waals surface area contributed by atoms with Crippen LogP contribution in [0.2, 0.25) is 0 Å². The van der Waals surface area contributed by atoms with E-state index in [-0.39, 0.29) is 23.0 Å². The number of nitrogens with two attached hydrogens (primary N) is 1. The fraction of sp³-hybridized carbons (Fsp3) is 0.250. The average molecular weight is 514 g/mol. The van der Waals surface area contributed by atoms with Crippen molar-refractivity contribution in [3.63, 3.8) is 0 Å². The van der Waals surface area contributed by atoms with Gasteiger partial charge in [-0.05, 0) is 39.0 Å². The predicted octanol–water partition coefficient (Wildman–Crippen LogP) is 3.59. The van der Waals surface area contributed by atoms with Gasteiger partial charge in [-0.2, -0.15) is 0 Å². The molecule has 3 rings (SSSR count). The molecule has 0 saturated carbocycles. The number of nitrogens with zero attached hydrogens (tertiary/aromatic N) is 2. The van der Waals surface area contributed by atoms with Gasteiger partial charge in [0.1, 0.15) is 11.4 Å². The first-order valence-corrected chi connectivity index (χ1v) is 11.9. The van der Waals surface area contributed by atoms with Crippen molar-refractivity contribution in [2.75, 3.05) is 18.2 Å². The van der Waals surface area contributed by atoms with E-state index in [0.29, 0.717) is 28.3 Å². The van der Waals surface area contributed by atoms with Crippen LogP contribution in [0.1, 0.15) is 36.8 Å². The standard InChI is InChI=1S/C24H27N5O6S/c1-24(2,3)35-23(31)27-12-15-6-5-7-17(20(15)34-4)29-22(30)19-21(25)26-13-18(28-19)14-8-10-16(11-9-14)36(32)33/h5-11,13H,12H2,1-4H3,(H2,25,26)(H,27,31)(H,29,30)(H,32,33). The van der Waals surface area contributed by atoms with Crippen LogP contribution in [0.4, 0.5) is 16.3 Å². The van der Waals surface area contributed by atoms with E-state index in [4.69, 9.17) is 15.2 Å². The number of aromatic nitrogens is 2. The highest BCUT2D eigenvalue weighted by molar-refractivity contribution is 7.79. The number of amides is 2. The molecule has 0 aliphatic heterocycles. The summed E-state index contributed by atoms with van der Waals surface area (Å²) >= 11 is -2.11. The lowest BCUT2D eigenvalue weighted by molar-refractivity contribution is 0.0523. The summed E-state index contributed by atoms with van der Waals surface area (Å²) in [4.78, 5) is 33.7. The van der Waals surface area contributed by atoms with Gasteiger partial charge in [0, 0.05) is 17.7 Å². The third-order valence-electron chi connectivity index (χ3n) is 4.74. The van der Waals surface area contributed by atoms with Gasteiger partial charge in [0.05, 0.1) is 29.6 Å². The van der Waals surface area contributed by atoms with Crippen LogP contribution >= 0.6 is 0 Å². The summed E-state index contributed by atoms with van der Waals surface area (Å²) in [5.41, 5.74) is 7.05. The highest BCUT2D eigenvalue weighted by atomic mass is 32.2. The number of carbonyl (C=O) groups excluding carboxylic acids is 2. The van der Waals surface area contributed by atoms with Gasteiger partial charge in [-0.25, -0.2) is 19.0 Å². The zero-order valence-corrected chi connectivity index (χ0v) is 21.0. The van der Waals surface area contributed by atoms with Crippen LogP contribution in [0.25, 0.3) is 11.3 Å². The first kappa shape index (κ1) is 26.6. The zero-order valence-electron chi connectivity index (χ0n) is 20.2. The molecule has 0 spiro atoms. The number of rotatable bonds is 7. The van der Waals surface area contributed by atoms with Crippen molar-refractivity contribution in [3.8, 4) is 17.0 Å². The second-order valence-corrected chi connectivity index (χ2v) is 9.54. The van der Waals surface area contributed by atoms with Crippen molar-refractivity contribution >= 4 is 34.6 Å². The Morgan fingerprint density at radius 2 is 1.83 bits per heavy atom. The molecule has 0 bridgehead atoms. The van der Waals surface area contributed by atoms with E-state index >= 15 is 0 Å². The summed E-state index contributed by atoms with van der Waals surface area (Å²) in [6.45, 7) is 5.39. The lowest BCUT2D eigenvalue weighted by atomic mass is 10.1. The lowest BCUT2D eigenvalue weighted by Crippen LogP contribution is -2.32. The van der Waals surface area contributed by atoms with E-state index in [0.717, 1.165) is 0 Å². The maximum atomic E-state index is 13.1. The Balaban J connectivity index is 1.81. The van der Waals surface area contributed by atoms with Crippen LogP contribution in [0, 0.1) is 0 Å². The van der Waals surface area contributed by atoms with Crippen LogP contribution in [0.3, 0.4) is 0 Å². The van der Waals surface area contributed by atoms with Crippen LogP contribution < -0.4 is 21.1 Å². The summed E-state index contributed by atoms with van der Waals surface area (Å²) in [7, 11) is 1.44. The average Bonchev–Trinajstić information content (AvgIpc) is 2.82. The third-order valence-corrected chi connectivity index (χ3v) is 5.41. The molecule has 0 saturated heterocycles. The SMILES string of the molecule is COc1c(CNC(=O)OC(C)(C)C)cccc1NC(=O)c1nc(-c2ccc(S(=O)O)cc2)cnc1N. The first-order chi connectivity index (χ1) is 17.0. The topological polar surface area (TPSA) is 166 Å². The van der Waals surface area contributed by atoms with Crippen molar-refractivity contribution in [1.29, 1.82) is 0 Å². The summed E-state index contributed by atoms with van der Waals surface area (Å²) in [5.74, 6) is -0.353. The summed E-state index contributed by atoms with van der Waals surface area (Å²) < 4.78 is 31.1. The van der Waals surface area contributed by atoms with E-state index in [1.54, 1.807) is 51.1 Å². The number of hydrogen-bond acceptors (Lipinski definition) is 8. The van der Waals surface area contributed by atoms with Crippen LogP contribution in [0.15, 0.2) is 53.6 Å². The quantitative estimate of drug-likeness (QED) is 0.345. The molecule has 12 heteroatoms. The number of ether oxygens (including phenoxy) is 2. The van der Waals surface area contributed by atoms with E-state index in [2.05, 4.69) is 20.6 Å². The molecule has 5 N–H and O–H groups in total. The summed E-state index contributed by atoms with van der Waals surface area (Å²) in [6, 6.07) is 11.2. The highest BCUT2D eigenvalue weighted by Gasteiger charge is 2.20. The van der Waals surface area contributed by atoms with Crippen molar-refractivity contribution < 1.29 is 27.8 Å². The number of anilines is 2. The summed E-state index contributed by atoms with van der Waals surface area (Å²) in [6.07, 6.45) is 0.817. The Bertz CT molecular complexity index is 1290. The Morgan fingerprint density at radius 1 is 1.14 bits per heavy atom. The van der Waals surface area contributed by atoms with Gasteiger partial charge in [0.25, 0.3) is 5.91 Å². The molecule has 1 heterocycles. The molecule has 11 nitrogen and oxygen atoms in total. The molecule has 1 aromatic heterocycles. The van der Waals surface area contributed by atoms with Gasteiger partial charge in [0.2, 0.25) is 0 Å². The largest absolute Gasteiger partial charge is 0.494 e. The Kier molecular flexibility index (Phi) is 8.22. The Labute approximate surface area is 210 Å². The predicted molar refractivity (Wildman–Crippen MR) is 135 cm³/mol. The Hall–Kier alpha value is -4.03. The molecular formula is C24H27N5O6S. The number of alkyl carbamates (subject to hydrolysis) is 1. The van der Waals surface area contributed by atoms with Crippen LogP contribution in [0.5, 0.6) is 5.75 Å². The van der Waals surface area contributed by atoms with E-state index in [9.17, 15) is 18.4 Å². The molecule has 2 amide bonds. The molecule has 2 aromatic carbocycles. The summed E-state index contributed by atoms with van der Waals surface area (Å²) in [5, 5.41) is 5.38. The van der Waals surface area contributed by atoms with E-state index in [1.165, 1.54) is 25.4 Å². The van der Waals surface area contributed by atoms with Crippen molar-refractivity contribution in [2.24, 2.45) is 0 Å². The maximum absolute atomic E-state index is 13.1. The fourth-order valence-corrected chi connectivity index (χ4v) is 3.54. The van der Waals surface area contributed by atoms with Gasteiger partial charge >= 0.3 is 6.09 Å². The van der Waals surface area contributed by atoms with Crippen molar-refractivity contribution in [3.05, 3.63) is 59.9 Å². The molecule has 190 valence electrons. The highest BCUT2D eigenvalue weighted by Crippen LogP contribution is 2.30. The minimum absolute atomic E-state index is 0.0777. The maximum Gasteiger partial charge on any atom is 0.407 e. The van der Waals surface area contributed by atoms with Gasteiger partial charge in [0.15, 0.2) is 22.6 Å². The third kappa shape index (κ3) is 6.77. The zero-order chi connectivity index (χ0) is 26.5. The Morgan fingerprint density at radius 3 is 2.44 bits per heavy atom. The molecular weight excluding hydrogens is 486 g/mol. The number of nitrogens with one attached hydrogen (secondary N) is 2. The smallest absolute Gasteiger partial charge is 0.407 e. The number of nitrogen functional groups attached to an aromatic ring is 1. The second-order valence-electron chi connectivity index (χ2n) is 8.57. The number of carbonyl (C=O) groups is 2. The number of para-hydroxylation sites is 1. The molecule has 1 unspecified atom stereocenters. The van der Waals surface area contributed by atoms with Gasteiger partial charge in [-0.3, -0.25) is 4.79 Å². The second kappa shape index (κ2) is 11.1. The van der Waals surface area contributed by atoms with Crippen LogP contribution in [-0.4, -0.2) is 43.4 Å². The van der Waals surface area contributed by atoms with Crippen LogP contribution in [-0.2, 0) is 22.4 Å². The monoisotopic (exact) mass is 513 g/mol. The molecule has 0 aliphatic carbocycles. The lowest BCUT2D eigenvalue weighted by Gasteiger charge is -2.20. The normalized spacial score (nSPS) is 11.9. The fourth-order valence-electron chi connectivity index (χ4n) is 3.17. The van der Waals surface area contributed by atoms with E-state index in [1.807, 2.05) is 0 Å². The minimum atomic E-state index is -2.11. The molecule has 3 aromatic rings. The number of benzene rings is 2. The van der Waals surface area contributed by atoms with E-state index < -0.39 is 28.7 Å². The number of methoxy groups -OCH3 is 1. The van der Waals surface area contributed by atoms with Crippen molar-refractivity contribution in [1.82, 2.24) is 15.3 Å². The molecule has 0 aliphatic rings. The first-order valence-electron chi connectivity index (χ1n) is 10.8. The van der Waals surface area contributed by atoms with Gasteiger partial charge in [-0.1, -0.05) is 24.3 Å². The molecule has 0 fully saturated rings. The minimum Gasteiger partial charge on any atom is -0.494 e.